The van der Waals surface area contributed by atoms with Gasteiger partial charge in [0.15, 0.2) is 11.5 Å². The van der Waals surface area contributed by atoms with Gasteiger partial charge in [0, 0.05) is 29.7 Å². The van der Waals surface area contributed by atoms with E-state index >= 15 is 0 Å². The van der Waals surface area contributed by atoms with E-state index in [2.05, 4.69) is 20.9 Å². The molecule has 1 aliphatic heterocycles. The van der Waals surface area contributed by atoms with Crippen LogP contribution in [0.15, 0.2) is 41.0 Å². The lowest BCUT2D eigenvalue weighted by molar-refractivity contribution is -0.129. The Morgan fingerprint density at radius 3 is 2.73 bits per heavy atom. The topological polar surface area (TPSA) is 60.9 Å². The van der Waals surface area contributed by atoms with Crippen LogP contribution in [0.25, 0.3) is 0 Å². The van der Waals surface area contributed by atoms with Gasteiger partial charge in [0.25, 0.3) is 0 Å². The van der Waals surface area contributed by atoms with Crippen LogP contribution in [0.4, 0.5) is 0 Å². The molecule has 7 heteroatoms. The minimum Gasteiger partial charge on any atom is -0.493 e. The van der Waals surface area contributed by atoms with E-state index in [9.17, 15) is 4.79 Å². The van der Waals surface area contributed by atoms with Gasteiger partial charge in [-0.15, -0.1) is 0 Å². The molecule has 0 spiro atoms. The first-order chi connectivity index (χ1) is 12.6. The first-order valence-corrected chi connectivity index (χ1v) is 9.15. The van der Waals surface area contributed by atoms with E-state index in [0.29, 0.717) is 36.9 Å². The normalized spacial score (nSPS) is 16.4. The Kier molecular flexibility index (Phi) is 5.98. The van der Waals surface area contributed by atoms with Crippen molar-refractivity contribution in [1.29, 1.82) is 0 Å². The summed E-state index contributed by atoms with van der Waals surface area (Å²) < 4.78 is 17.3. The van der Waals surface area contributed by atoms with E-state index in [1.54, 1.807) is 20.4 Å². The van der Waals surface area contributed by atoms with Gasteiger partial charge >= 0.3 is 0 Å². The van der Waals surface area contributed by atoms with Crippen molar-refractivity contribution in [3.05, 3.63) is 46.6 Å². The minimum atomic E-state index is -0.0296. The molecule has 0 radical (unpaired) electrons. The molecule has 1 aromatic heterocycles. The molecule has 6 nitrogen and oxygen atoms in total. The summed E-state index contributed by atoms with van der Waals surface area (Å²) in [6.45, 7) is 1.26. The average molecular weight is 421 g/mol. The van der Waals surface area contributed by atoms with Crippen LogP contribution in [0.5, 0.6) is 17.4 Å². The number of ether oxygens (including phenoxy) is 3. The van der Waals surface area contributed by atoms with Crippen molar-refractivity contribution in [1.82, 2.24) is 9.88 Å². The van der Waals surface area contributed by atoms with Crippen molar-refractivity contribution >= 4 is 21.8 Å². The molecule has 2 aromatic rings. The van der Waals surface area contributed by atoms with E-state index in [0.717, 1.165) is 16.5 Å². The zero-order chi connectivity index (χ0) is 18.5. The number of halogens is 1. The van der Waals surface area contributed by atoms with Gasteiger partial charge < -0.3 is 19.1 Å². The van der Waals surface area contributed by atoms with Gasteiger partial charge in [-0.25, -0.2) is 4.98 Å². The van der Waals surface area contributed by atoms with Gasteiger partial charge in [-0.05, 0) is 39.7 Å². The number of hydrogen-bond acceptors (Lipinski definition) is 5. The quantitative estimate of drug-likeness (QED) is 0.718. The Morgan fingerprint density at radius 1 is 1.23 bits per heavy atom. The molecule has 0 bridgehead atoms. The molecule has 1 aliphatic rings. The van der Waals surface area contributed by atoms with Crippen LogP contribution in [0.2, 0.25) is 0 Å². The lowest BCUT2D eigenvalue weighted by atomic mass is 10.1. The number of hydrogen-bond donors (Lipinski definition) is 0. The maximum atomic E-state index is 12.6. The van der Waals surface area contributed by atoms with E-state index < -0.39 is 0 Å². The molecular formula is C19H21BrN2O4. The van der Waals surface area contributed by atoms with E-state index in [1.165, 1.54) is 0 Å². The lowest BCUT2D eigenvalue weighted by Crippen LogP contribution is -2.32. The summed E-state index contributed by atoms with van der Waals surface area (Å²) in [5, 5.41) is 0. The molecule has 1 fully saturated rings. The number of carbonyl (C=O) groups is 1. The Hall–Kier alpha value is -2.28. The standard InChI is InChI=1S/C19H21BrN2O4/c1-24-16-5-3-13(9-17(16)25-2)10-19(23)22-8-7-15(12-22)26-18-6-4-14(20)11-21-18/h3-6,9,11,15H,7-8,10,12H2,1-2H3. The molecule has 26 heavy (non-hydrogen) atoms. The van der Waals surface area contributed by atoms with Crippen LogP contribution in [0, 0.1) is 0 Å². The predicted octanol–water partition coefficient (Wildman–Crippen LogP) is 3.08. The van der Waals surface area contributed by atoms with Crippen molar-refractivity contribution in [2.45, 2.75) is 18.9 Å². The number of aromatic nitrogens is 1. The Labute approximate surface area is 161 Å². The summed E-state index contributed by atoms with van der Waals surface area (Å²) in [6.07, 6.45) is 2.79. The second-order valence-electron chi connectivity index (χ2n) is 6.05. The summed E-state index contributed by atoms with van der Waals surface area (Å²) >= 11 is 3.35. The van der Waals surface area contributed by atoms with E-state index in [-0.39, 0.29) is 12.0 Å². The van der Waals surface area contributed by atoms with E-state index in [1.807, 2.05) is 35.2 Å². The molecule has 1 aromatic carbocycles. The predicted molar refractivity (Wildman–Crippen MR) is 101 cm³/mol. The molecule has 2 heterocycles. The third-order valence-corrected chi connectivity index (χ3v) is 4.76. The summed E-state index contributed by atoms with van der Waals surface area (Å²) in [4.78, 5) is 18.6. The number of amides is 1. The SMILES string of the molecule is COc1ccc(CC(=O)N2CCC(Oc3ccc(Br)cn3)C2)cc1OC. The fourth-order valence-corrected chi connectivity index (χ4v) is 3.17. The zero-order valence-electron chi connectivity index (χ0n) is 14.8. The maximum absolute atomic E-state index is 12.6. The van der Waals surface area contributed by atoms with Crippen molar-refractivity contribution in [3.8, 4) is 17.4 Å². The van der Waals surface area contributed by atoms with Crippen molar-refractivity contribution in [3.63, 3.8) is 0 Å². The fourth-order valence-electron chi connectivity index (χ4n) is 2.93. The molecule has 1 saturated heterocycles. The van der Waals surface area contributed by atoms with Gasteiger partial charge in [0.1, 0.15) is 6.10 Å². The molecule has 0 aliphatic carbocycles. The van der Waals surface area contributed by atoms with Crippen LogP contribution in [0.3, 0.4) is 0 Å². The fraction of sp³-hybridized carbons (Fsp3) is 0.368. The molecule has 0 N–H and O–H groups in total. The number of pyridine rings is 1. The molecule has 3 rings (SSSR count). The first kappa shape index (κ1) is 18.5. The molecule has 1 amide bonds. The average Bonchev–Trinajstić information content (AvgIpc) is 3.12. The van der Waals surface area contributed by atoms with Gasteiger partial charge in [0.2, 0.25) is 11.8 Å². The first-order valence-electron chi connectivity index (χ1n) is 8.36. The summed E-state index contributed by atoms with van der Waals surface area (Å²) in [5.41, 5.74) is 0.895. The third-order valence-electron chi connectivity index (χ3n) is 4.29. The second-order valence-corrected chi connectivity index (χ2v) is 6.96. The van der Waals surface area contributed by atoms with E-state index in [4.69, 9.17) is 14.2 Å². The van der Waals surface area contributed by atoms with Crippen molar-refractivity contribution < 1.29 is 19.0 Å². The number of methoxy groups -OCH3 is 2. The molecule has 138 valence electrons. The van der Waals surface area contributed by atoms with Gasteiger partial charge in [-0.1, -0.05) is 6.07 Å². The van der Waals surface area contributed by atoms with Gasteiger partial charge in [-0.3, -0.25) is 4.79 Å². The highest BCUT2D eigenvalue weighted by Gasteiger charge is 2.28. The maximum Gasteiger partial charge on any atom is 0.227 e. The number of benzene rings is 1. The van der Waals surface area contributed by atoms with Crippen LogP contribution in [0.1, 0.15) is 12.0 Å². The smallest absolute Gasteiger partial charge is 0.227 e. The minimum absolute atomic E-state index is 0.0296. The third kappa shape index (κ3) is 4.46. The summed E-state index contributed by atoms with van der Waals surface area (Å²) in [5.74, 6) is 1.93. The Balaban J connectivity index is 1.56. The number of carbonyl (C=O) groups excluding carboxylic acids is 1. The highest BCUT2D eigenvalue weighted by molar-refractivity contribution is 9.10. The lowest BCUT2D eigenvalue weighted by Gasteiger charge is -2.17. The molecule has 0 saturated carbocycles. The van der Waals surface area contributed by atoms with Crippen LogP contribution < -0.4 is 14.2 Å². The van der Waals surface area contributed by atoms with Crippen LogP contribution >= 0.6 is 15.9 Å². The summed E-state index contributed by atoms with van der Waals surface area (Å²) in [6, 6.07) is 9.24. The van der Waals surface area contributed by atoms with Gasteiger partial charge in [0.05, 0.1) is 27.2 Å². The van der Waals surface area contributed by atoms with Gasteiger partial charge in [-0.2, -0.15) is 0 Å². The number of nitrogens with zero attached hydrogens (tertiary/aromatic N) is 2. The second kappa shape index (κ2) is 8.40. The Morgan fingerprint density at radius 2 is 2.04 bits per heavy atom. The molecule has 1 unspecified atom stereocenters. The van der Waals surface area contributed by atoms with Crippen molar-refractivity contribution in [2.24, 2.45) is 0 Å². The highest BCUT2D eigenvalue weighted by Crippen LogP contribution is 2.28. The Bertz CT molecular complexity index is 767. The monoisotopic (exact) mass is 420 g/mol. The zero-order valence-corrected chi connectivity index (χ0v) is 16.4. The largest absolute Gasteiger partial charge is 0.493 e. The molecular weight excluding hydrogens is 400 g/mol. The summed E-state index contributed by atoms with van der Waals surface area (Å²) in [7, 11) is 3.18. The van der Waals surface area contributed by atoms with Crippen LogP contribution in [-0.2, 0) is 11.2 Å². The number of likely N-dealkylation sites (tertiary alicyclic amines) is 1. The highest BCUT2D eigenvalue weighted by atomic mass is 79.9. The van der Waals surface area contributed by atoms with Crippen molar-refractivity contribution in [2.75, 3.05) is 27.3 Å². The number of rotatable bonds is 6. The molecule has 1 atom stereocenters. The van der Waals surface area contributed by atoms with Crippen LogP contribution in [-0.4, -0.2) is 49.2 Å².